The zero-order valence-electron chi connectivity index (χ0n) is 4.41. The molecule has 3 N–H and O–H groups in total. The maximum absolute atomic E-state index is 9.47. The SMILES string of the molecule is C=CC(N)=O.[O-][Cl+2]([O-])O. The predicted octanol–water partition coefficient (Wildman–Crippen LogP) is -3.28. The summed E-state index contributed by atoms with van der Waals surface area (Å²) in [5.74, 6) is -0.481. The van der Waals surface area contributed by atoms with Gasteiger partial charge in [-0.3, -0.25) is 4.79 Å². The first-order valence-electron chi connectivity index (χ1n) is 1.67. The Labute approximate surface area is 54.8 Å². The largest absolute Gasteiger partial charge is 0.366 e. The van der Waals surface area contributed by atoms with Crippen molar-refractivity contribution >= 4 is 5.91 Å². The summed E-state index contributed by atoms with van der Waals surface area (Å²) < 4.78 is 24.0. The molecule has 0 spiro atoms. The smallest absolute Gasteiger partial charge is 0.282 e. The van der Waals surface area contributed by atoms with Crippen LogP contribution in [0.4, 0.5) is 0 Å². The van der Waals surface area contributed by atoms with Gasteiger partial charge in [0.2, 0.25) is 5.91 Å². The van der Waals surface area contributed by atoms with Crippen molar-refractivity contribution in [2.75, 3.05) is 0 Å². The van der Waals surface area contributed by atoms with Crippen molar-refractivity contribution in [3.63, 3.8) is 0 Å². The average molecular weight is 156 g/mol. The number of carbonyl (C=O) groups is 1. The highest BCUT2D eigenvalue weighted by molar-refractivity contribution is 5.84. The molecule has 9 heavy (non-hydrogen) atoms. The Bertz CT molecular complexity index is 91.1. The number of primary amides is 1. The third-order valence-corrected chi connectivity index (χ3v) is 0.201. The second-order valence-electron chi connectivity index (χ2n) is 0.808. The first-order chi connectivity index (χ1) is 4.00. The summed E-state index contributed by atoms with van der Waals surface area (Å²) in [5, 5.41) is 0. The van der Waals surface area contributed by atoms with E-state index in [-0.39, 0.29) is 0 Å². The summed E-state index contributed by atoms with van der Waals surface area (Å²) in [7, 11) is -2.60. The van der Waals surface area contributed by atoms with E-state index in [9.17, 15) is 4.79 Å². The Hall–Kier alpha value is -0.620. The molecule has 1 amide bonds. The number of halogens is 1. The molecular weight excluding hydrogens is 149 g/mol. The van der Waals surface area contributed by atoms with Gasteiger partial charge in [0.05, 0.1) is 0 Å². The van der Waals surface area contributed by atoms with Gasteiger partial charge >= 0.3 is 0 Å². The van der Waals surface area contributed by atoms with Crippen LogP contribution in [0, 0.1) is 10.8 Å². The van der Waals surface area contributed by atoms with Crippen molar-refractivity contribution in [3.05, 3.63) is 12.7 Å². The van der Waals surface area contributed by atoms with E-state index in [1.165, 1.54) is 0 Å². The van der Waals surface area contributed by atoms with Crippen LogP contribution in [0.3, 0.4) is 0 Å². The van der Waals surface area contributed by atoms with E-state index in [0.29, 0.717) is 0 Å². The zero-order chi connectivity index (χ0) is 7.86. The fourth-order valence-electron chi connectivity index (χ4n) is 0. The van der Waals surface area contributed by atoms with Crippen molar-refractivity contribution < 1.29 is 29.6 Å². The summed E-state index contributed by atoms with van der Waals surface area (Å²) in [6.45, 7) is 3.09. The minimum Gasteiger partial charge on any atom is -0.366 e. The molecule has 0 heterocycles. The molecule has 54 valence electrons. The molecule has 0 aromatic carbocycles. The second kappa shape index (κ2) is 7.38. The Morgan fingerprint density at radius 3 is 1.89 bits per heavy atom. The lowest BCUT2D eigenvalue weighted by Gasteiger charge is -1.72. The van der Waals surface area contributed by atoms with Crippen molar-refractivity contribution in [2.45, 2.75) is 0 Å². The van der Waals surface area contributed by atoms with Crippen molar-refractivity contribution in [1.82, 2.24) is 0 Å². The maximum Gasteiger partial charge on any atom is 0.282 e. The van der Waals surface area contributed by atoms with Gasteiger partial charge in [-0.1, -0.05) is 6.58 Å². The highest BCUT2D eigenvalue weighted by atomic mass is 35.6. The normalized spacial score (nSPS) is 7.56. The van der Waals surface area contributed by atoms with Gasteiger partial charge in [-0.25, -0.2) is 0 Å². The first kappa shape index (κ1) is 11.2. The molecule has 0 aromatic heterocycles. The molecule has 0 atom stereocenters. The van der Waals surface area contributed by atoms with Crippen LogP contribution < -0.4 is 15.1 Å². The monoisotopic (exact) mass is 155 g/mol. The summed E-state index contributed by atoms with van der Waals surface area (Å²) in [5.41, 5.74) is 4.53. The van der Waals surface area contributed by atoms with Crippen molar-refractivity contribution in [3.8, 4) is 0 Å². The van der Waals surface area contributed by atoms with Gasteiger partial charge in [0.25, 0.3) is 10.8 Å². The standard InChI is InChI=1S/C3H5NO.ClHO3/c1-2-3(4)5;2-1(3)4/h2H,1H2,(H2,4,5);2H. The number of amides is 1. The molecule has 0 saturated carbocycles. The molecule has 0 bridgehead atoms. The topological polar surface area (TPSA) is 109 Å². The molecule has 0 fully saturated rings. The highest BCUT2D eigenvalue weighted by Gasteiger charge is 1.79. The number of nitrogens with two attached hydrogens (primary N) is 1. The quantitative estimate of drug-likeness (QED) is 0.387. The fraction of sp³-hybridized carbons (Fsp3) is 0. The van der Waals surface area contributed by atoms with Gasteiger partial charge in [0.15, 0.2) is 0 Å². The molecule has 0 unspecified atom stereocenters. The van der Waals surface area contributed by atoms with Crippen molar-refractivity contribution in [1.29, 1.82) is 0 Å². The van der Waals surface area contributed by atoms with Crippen LogP contribution in [0.1, 0.15) is 0 Å². The van der Waals surface area contributed by atoms with Gasteiger partial charge in [-0.05, 0) is 6.08 Å². The lowest BCUT2D eigenvalue weighted by molar-refractivity contribution is -1.63. The highest BCUT2D eigenvalue weighted by Crippen LogP contribution is 1.48. The number of hydrogen-bond donors (Lipinski definition) is 2. The van der Waals surface area contributed by atoms with Crippen LogP contribution in [-0.2, 0) is 4.79 Å². The number of hydrogen-bond acceptors (Lipinski definition) is 4. The molecule has 0 aromatic rings. The van der Waals surface area contributed by atoms with E-state index in [1.54, 1.807) is 0 Å². The minimum absolute atomic E-state index is 0.481. The molecule has 5 nitrogen and oxygen atoms in total. The average Bonchev–Trinajstić information content (AvgIpc) is 1.65. The molecule has 0 aliphatic heterocycles. The van der Waals surface area contributed by atoms with Crippen LogP contribution in [0.25, 0.3) is 0 Å². The van der Waals surface area contributed by atoms with E-state index in [4.69, 9.17) is 14.0 Å². The maximum atomic E-state index is 9.47. The second-order valence-corrected chi connectivity index (χ2v) is 1.21. The lowest BCUT2D eigenvalue weighted by Crippen LogP contribution is -2.30. The number of carbonyl (C=O) groups excluding carboxylic acids is 1. The minimum atomic E-state index is -2.60. The van der Waals surface area contributed by atoms with Gasteiger partial charge in [-0.15, -0.1) is 0 Å². The predicted molar refractivity (Wildman–Crippen MR) is 21.6 cm³/mol. The molecule has 6 heteroatoms. The third kappa shape index (κ3) is 112. The molecule has 0 aliphatic carbocycles. The Kier molecular flexibility index (Phi) is 9.19. The van der Waals surface area contributed by atoms with E-state index in [2.05, 4.69) is 12.3 Å². The first-order valence-corrected chi connectivity index (χ1v) is 2.62. The fourth-order valence-corrected chi connectivity index (χ4v) is 0. The summed E-state index contributed by atoms with van der Waals surface area (Å²) in [4.78, 5) is 9.47. The Morgan fingerprint density at radius 2 is 1.89 bits per heavy atom. The van der Waals surface area contributed by atoms with Crippen LogP contribution in [0.5, 0.6) is 0 Å². The van der Waals surface area contributed by atoms with Crippen molar-refractivity contribution in [2.24, 2.45) is 5.73 Å². The summed E-state index contributed by atoms with van der Waals surface area (Å²) in [6, 6.07) is 0. The Balaban J connectivity index is 0. The Morgan fingerprint density at radius 1 is 1.78 bits per heavy atom. The van der Waals surface area contributed by atoms with E-state index in [1.807, 2.05) is 0 Å². The number of rotatable bonds is 1. The molecule has 0 rings (SSSR count). The van der Waals surface area contributed by atoms with Gasteiger partial charge in [0.1, 0.15) is 0 Å². The van der Waals surface area contributed by atoms with Gasteiger partial charge in [-0.2, -0.15) is 0 Å². The zero-order valence-corrected chi connectivity index (χ0v) is 5.17. The summed E-state index contributed by atoms with van der Waals surface area (Å²) in [6.07, 6.45) is 1.06. The van der Waals surface area contributed by atoms with Crippen LogP contribution in [0.2, 0.25) is 0 Å². The van der Waals surface area contributed by atoms with Crippen LogP contribution in [0.15, 0.2) is 12.7 Å². The van der Waals surface area contributed by atoms with E-state index < -0.39 is 16.7 Å². The summed E-state index contributed by atoms with van der Waals surface area (Å²) >= 11 is 0. The van der Waals surface area contributed by atoms with E-state index >= 15 is 0 Å². The molecular formula is C3H6ClNO4. The third-order valence-electron chi connectivity index (χ3n) is 0.201. The van der Waals surface area contributed by atoms with Crippen LogP contribution in [-0.4, -0.2) is 10.6 Å². The lowest BCUT2D eigenvalue weighted by atomic mass is 10.6. The molecule has 0 saturated heterocycles. The van der Waals surface area contributed by atoms with Crippen LogP contribution >= 0.6 is 0 Å². The van der Waals surface area contributed by atoms with Gasteiger partial charge < -0.3 is 15.1 Å². The van der Waals surface area contributed by atoms with E-state index in [0.717, 1.165) is 6.08 Å². The molecule has 0 radical (unpaired) electrons. The van der Waals surface area contributed by atoms with Gasteiger partial charge in [0, 0.05) is 4.66 Å². The molecule has 0 aliphatic rings.